The average Bonchev–Trinajstić information content (AvgIpc) is 2.06. The molecule has 0 radical (unpaired) electrons. The fraction of sp³-hybridized carbons (Fsp3) is 0.778. The molecule has 0 saturated carbocycles. The number of hydrogen-bond donors (Lipinski definition) is 1. The Balaban J connectivity index is 2.66. The molecule has 0 aliphatic heterocycles. The maximum atomic E-state index is 11.7. The van der Waals surface area contributed by atoms with E-state index in [0.29, 0.717) is 6.16 Å². The Morgan fingerprint density at radius 1 is 1.58 bits per heavy atom. The molecule has 2 nitrogen and oxygen atoms in total. The molecule has 1 N–H and O–H groups in total. The van der Waals surface area contributed by atoms with Crippen LogP contribution in [0, 0.1) is 0 Å². The zero-order chi connectivity index (χ0) is 9.03. The Hall–Kier alpha value is -0.0700. The Morgan fingerprint density at radius 2 is 2.33 bits per heavy atom. The van der Waals surface area contributed by atoms with E-state index in [9.17, 15) is 9.46 Å². The summed E-state index contributed by atoms with van der Waals surface area (Å²) in [5.74, 6) is 0. The molecule has 0 heterocycles. The monoisotopic (exact) mass is 188 g/mol. The van der Waals surface area contributed by atoms with Gasteiger partial charge in [0.2, 0.25) is 7.37 Å². The van der Waals surface area contributed by atoms with Gasteiger partial charge in [-0.15, -0.1) is 0 Å². The molecule has 1 aliphatic rings. The van der Waals surface area contributed by atoms with Crippen LogP contribution in [0.1, 0.15) is 39.0 Å². The lowest BCUT2D eigenvalue weighted by Gasteiger charge is -2.17. The molecule has 1 aliphatic carbocycles. The fourth-order valence-electron chi connectivity index (χ4n) is 1.59. The van der Waals surface area contributed by atoms with Crippen LogP contribution >= 0.6 is 7.37 Å². The minimum Gasteiger partial charge on any atom is -0.341 e. The predicted octanol–water partition coefficient (Wildman–Crippen LogP) is 3.12. The molecule has 0 aromatic carbocycles. The molecular formula is C9H17O2P. The van der Waals surface area contributed by atoms with Gasteiger partial charge in [0.25, 0.3) is 0 Å². The molecule has 1 unspecified atom stereocenters. The SMILES string of the molecule is CCCP(=O)(O)C1=CCCCC1. The molecule has 0 amide bonds. The van der Waals surface area contributed by atoms with E-state index in [2.05, 4.69) is 0 Å². The van der Waals surface area contributed by atoms with Gasteiger partial charge in [0, 0.05) is 11.5 Å². The Morgan fingerprint density at radius 3 is 2.83 bits per heavy atom. The van der Waals surface area contributed by atoms with E-state index < -0.39 is 7.37 Å². The van der Waals surface area contributed by atoms with E-state index in [4.69, 9.17) is 0 Å². The van der Waals surface area contributed by atoms with Crippen LogP contribution in [-0.4, -0.2) is 11.1 Å². The van der Waals surface area contributed by atoms with Crippen molar-refractivity contribution >= 4 is 7.37 Å². The molecule has 0 bridgehead atoms. The molecule has 0 saturated heterocycles. The largest absolute Gasteiger partial charge is 0.341 e. The van der Waals surface area contributed by atoms with Gasteiger partial charge in [0.05, 0.1) is 0 Å². The van der Waals surface area contributed by atoms with Crippen LogP contribution in [-0.2, 0) is 4.57 Å². The van der Waals surface area contributed by atoms with Crippen molar-refractivity contribution < 1.29 is 9.46 Å². The van der Waals surface area contributed by atoms with Gasteiger partial charge < -0.3 is 4.89 Å². The first-order valence-corrected chi connectivity index (χ1v) is 6.52. The molecule has 3 heteroatoms. The van der Waals surface area contributed by atoms with Crippen LogP contribution in [0.4, 0.5) is 0 Å². The topological polar surface area (TPSA) is 37.3 Å². The van der Waals surface area contributed by atoms with E-state index in [0.717, 1.165) is 31.0 Å². The van der Waals surface area contributed by atoms with Gasteiger partial charge in [0.1, 0.15) is 0 Å². The van der Waals surface area contributed by atoms with Gasteiger partial charge in [-0.2, -0.15) is 0 Å². The van der Waals surface area contributed by atoms with Crippen molar-refractivity contribution in [2.45, 2.75) is 39.0 Å². The molecule has 12 heavy (non-hydrogen) atoms. The molecule has 0 fully saturated rings. The van der Waals surface area contributed by atoms with Gasteiger partial charge in [-0.3, -0.25) is 4.57 Å². The highest BCUT2D eigenvalue weighted by atomic mass is 31.2. The van der Waals surface area contributed by atoms with Gasteiger partial charge in [0.15, 0.2) is 0 Å². The lowest BCUT2D eigenvalue weighted by Crippen LogP contribution is -1.96. The van der Waals surface area contributed by atoms with Crippen LogP contribution in [0.3, 0.4) is 0 Å². The highest BCUT2D eigenvalue weighted by Gasteiger charge is 2.23. The van der Waals surface area contributed by atoms with Crippen molar-refractivity contribution in [2.24, 2.45) is 0 Å². The standard InChI is InChI=1S/C9H17O2P/c1-2-8-12(10,11)9-6-4-3-5-7-9/h6H,2-5,7-8H2,1H3,(H,10,11). The lowest BCUT2D eigenvalue weighted by molar-refractivity contribution is 0.480. The second-order valence-corrected chi connectivity index (χ2v) is 5.79. The molecule has 0 aromatic rings. The highest BCUT2D eigenvalue weighted by Crippen LogP contribution is 2.53. The van der Waals surface area contributed by atoms with Crippen molar-refractivity contribution in [3.63, 3.8) is 0 Å². The van der Waals surface area contributed by atoms with Crippen LogP contribution in [0.15, 0.2) is 11.4 Å². The van der Waals surface area contributed by atoms with E-state index in [-0.39, 0.29) is 0 Å². The van der Waals surface area contributed by atoms with E-state index in [1.807, 2.05) is 13.0 Å². The second kappa shape index (κ2) is 4.25. The van der Waals surface area contributed by atoms with E-state index in [1.165, 1.54) is 6.42 Å². The van der Waals surface area contributed by atoms with Gasteiger partial charge in [-0.05, 0) is 32.1 Å². The van der Waals surface area contributed by atoms with Crippen LogP contribution in [0.25, 0.3) is 0 Å². The minimum atomic E-state index is -2.91. The third-order valence-electron chi connectivity index (χ3n) is 2.24. The molecule has 0 aromatic heterocycles. The highest BCUT2D eigenvalue weighted by molar-refractivity contribution is 7.62. The number of allylic oxidation sites excluding steroid dienone is 2. The van der Waals surface area contributed by atoms with Crippen molar-refractivity contribution in [1.29, 1.82) is 0 Å². The quantitative estimate of drug-likeness (QED) is 0.691. The first kappa shape index (κ1) is 10.0. The Kier molecular flexibility index (Phi) is 3.54. The van der Waals surface area contributed by atoms with Crippen LogP contribution in [0.2, 0.25) is 0 Å². The lowest BCUT2D eigenvalue weighted by atomic mass is 10.1. The first-order chi connectivity index (χ1) is 5.67. The number of hydrogen-bond acceptors (Lipinski definition) is 1. The fourth-order valence-corrected chi connectivity index (χ4v) is 3.40. The Labute approximate surface area is 74.1 Å². The third-order valence-corrected chi connectivity index (χ3v) is 4.60. The normalized spacial score (nSPS) is 23.0. The summed E-state index contributed by atoms with van der Waals surface area (Å²) in [5.41, 5.74) is 0. The molecular weight excluding hydrogens is 171 g/mol. The predicted molar refractivity (Wildman–Crippen MR) is 51.5 cm³/mol. The first-order valence-electron chi connectivity index (χ1n) is 4.68. The summed E-state index contributed by atoms with van der Waals surface area (Å²) in [7, 11) is -2.91. The summed E-state index contributed by atoms with van der Waals surface area (Å²) in [6, 6.07) is 0. The average molecular weight is 188 g/mol. The number of rotatable bonds is 3. The Bertz CT molecular complexity index is 221. The van der Waals surface area contributed by atoms with Gasteiger partial charge in [-0.1, -0.05) is 13.0 Å². The second-order valence-electron chi connectivity index (χ2n) is 3.37. The van der Waals surface area contributed by atoms with Crippen LogP contribution in [0.5, 0.6) is 0 Å². The third kappa shape index (κ3) is 2.46. The van der Waals surface area contributed by atoms with Gasteiger partial charge in [-0.25, -0.2) is 0 Å². The van der Waals surface area contributed by atoms with Crippen molar-refractivity contribution in [3.8, 4) is 0 Å². The summed E-state index contributed by atoms with van der Waals surface area (Å²) in [6.07, 6.45) is 7.32. The zero-order valence-electron chi connectivity index (χ0n) is 7.62. The van der Waals surface area contributed by atoms with Crippen molar-refractivity contribution in [2.75, 3.05) is 6.16 Å². The summed E-state index contributed by atoms with van der Waals surface area (Å²) in [4.78, 5) is 9.63. The van der Waals surface area contributed by atoms with E-state index >= 15 is 0 Å². The summed E-state index contributed by atoms with van der Waals surface area (Å²) < 4.78 is 11.7. The van der Waals surface area contributed by atoms with E-state index in [1.54, 1.807) is 0 Å². The van der Waals surface area contributed by atoms with Crippen LogP contribution < -0.4 is 0 Å². The van der Waals surface area contributed by atoms with Crippen molar-refractivity contribution in [1.82, 2.24) is 0 Å². The summed E-state index contributed by atoms with van der Waals surface area (Å²) in [6.45, 7) is 1.95. The maximum absolute atomic E-state index is 11.7. The summed E-state index contributed by atoms with van der Waals surface area (Å²) >= 11 is 0. The maximum Gasteiger partial charge on any atom is 0.225 e. The molecule has 1 rings (SSSR count). The minimum absolute atomic E-state index is 0.457. The smallest absolute Gasteiger partial charge is 0.225 e. The summed E-state index contributed by atoms with van der Waals surface area (Å²) in [5, 5.41) is 0.829. The van der Waals surface area contributed by atoms with Gasteiger partial charge >= 0.3 is 0 Å². The van der Waals surface area contributed by atoms with Crippen molar-refractivity contribution in [3.05, 3.63) is 11.4 Å². The molecule has 0 spiro atoms. The molecule has 1 atom stereocenters. The molecule has 70 valence electrons. The zero-order valence-corrected chi connectivity index (χ0v) is 8.52.